The molecule has 0 radical (unpaired) electrons. The lowest BCUT2D eigenvalue weighted by atomic mass is 10.1. The van der Waals surface area contributed by atoms with E-state index in [1.165, 1.54) is 12.1 Å². The molecular formula is C16H20F2N2O3. The van der Waals surface area contributed by atoms with Crippen LogP contribution in [0.1, 0.15) is 36.5 Å². The molecule has 2 amide bonds. The van der Waals surface area contributed by atoms with Gasteiger partial charge in [0.15, 0.2) is 0 Å². The molecule has 1 fully saturated rings. The topological polar surface area (TPSA) is 58.6 Å². The van der Waals surface area contributed by atoms with E-state index in [0.29, 0.717) is 25.3 Å². The Hall–Kier alpha value is -2.18. The van der Waals surface area contributed by atoms with Gasteiger partial charge in [-0.25, -0.2) is 0 Å². The first-order chi connectivity index (χ1) is 11.0. The van der Waals surface area contributed by atoms with Crippen molar-refractivity contribution in [1.29, 1.82) is 0 Å². The van der Waals surface area contributed by atoms with Gasteiger partial charge in [-0.3, -0.25) is 9.59 Å². The summed E-state index contributed by atoms with van der Waals surface area (Å²) in [4.78, 5) is 25.4. The number of hydrogen-bond acceptors (Lipinski definition) is 3. The molecule has 23 heavy (non-hydrogen) atoms. The van der Waals surface area contributed by atoms with Crippen molar-refractivity contribution in [3.05, 3.63) is 23.8 Å². The summed E-state index contributed by atoms with van der Waals surface area (Å²) >= 11 is 0. The van der Waals surface area contributed by atoms with Crippen LogP contribution in [0.25, 0.3) is 0 Å². The average molecular weight is 326 g/mol. The summed E-state index contributed by atoms with van der Waals surface area (Å²) in [7, 11) is 0. The fourth-order valence-corrected chi connectivity index (χ4v) is 2.51. The number of alkyl halides is 2. The number of ether oxygens (including phenoxy) is 1. The van der Waals surface area contributed by atoms with Crippen LogP contribution in [0.3, 0.4) is 0 Å². The molecule has 1 saturated heterocycles. The molecule has 0 saturated carbocycles. The van der Waals surface area contributed by atoms with Gasteiger partial charge in [0.1, 0.15) is 5.75 Å². The number of halogens is 2. The molecule has 5 nitrogen and oxygen atoms in total. The molecule has 0 atom stereocenters. The number of nitrogens with one attached hydrogen (secondary N) is 1. The maximum Gasteiger partial charge on any atom is 0.315 e. The molecule has 1 N–H and O–H groups in total. The Morgan fingerprint density at radius 3 is 2.57 bits per heavy atom. The fourth-order valence-electron chi connectivity index (χ4n) is 2.51. The summed E-state index contributed by atoms with van der Waals surface area (Å²) in [5, 5.41) is 2.11. The predicted molar refractivity (Wildman–Crippen MR) is 82.0 cm³/mol. The van der Waals surface area contributed by atoms with E-state index in [0.717, 1.165) is 19.3 Å². The number of anilines is 1. The predicted octanol–water partition coefficient (Wildman–Crippen LogP) is 2.92. The van der Waals surface area contributed by atoms with Gasteiger partial charge in [-0.1, -0.05) is 0 Å². The maximum atomic E-state index is 12.5. The van der Waals surface area contributed by atoms with E-state index in [-0.39, 0.29) is 17.3 Å². The van der Waals surface area contributed by atoms with Crippen LogP contribution in [0.5, 0.6) is 5.75 Å². The Balaban J connectivity index is 2.23. The average Bonchev–Trinajstić information content (AvgIpc) is 2.56. The zero-order chi connectivity index (χ0) is 16.8. The monoisotopic (exact) mass is 326 g/mol. The van der Waals surface area contributed by atoms with E-state index in [9.17, 15) is 18.4 Å². The Morgan fingerprint density at radius 2 is 1.96 bits per heavy atom. The summed E-state index contributed by atoms with van der Waals surface area (Å²) < 4.78 is 30.2. The molecule has 2 rings (SSSR count). The van der Waals surface area contributed by atoms with Gasteiger partial charge in [0.05, 0.1) is 12.3 Å². The smallest absolute Gasteiger partial charge is 0.315 e. The summed E-state index contributed by atoms with van der Waals surface area (Å²) in [6, 6.07) is 4.49. The Morgan fingerprint density at radius 1 is 1.26 bits per heavy atom. The molecule has 0 unspecified atom stereocenters. The number of rotatable bonds is 5. The number of benzene rings is 1. The van der Waals surface area contributed by atoms with Crippen LogP contribution in [0.4, 0.5) is 14.5 Å². The standard InChI is InChI=1S/C16H20F2N2O3/c1-2-23-13-7-6-11(10-12(13)19-15(21)14(17)18)16(22)20-8-4-3-5-9-20/h6-7,10,14H,2-5,8-9H2,1H3,(H,19,21). The van der Waals surface area contributed by atoms with Crippen molar-refractivity contribution in [2.75, 3.05) is 25.0 Å². The first-order valence-corrected chi connectivity index (χ1v) is 7.68. The number of hydrogen-bond donors (Lipinski definition) is 1. The minimum absolute atomic E-state index is 0.0833. The largest absolute Gasteiger partial charge is 0.492 e. The lowest BCUT2D eigenvalue weighted by molar-refractivity contribution is -0.126. The lowest BCUT2D eigenvalue weighted by Crippen LogP contribution is -2.35. The zero-order valence-electron chi connectivity index (χ0n) is 13.0. The van der Waals surface area contributed by atoms with Crippen LogP contribution in [0.2, 0.25) is 0 Å². The van der Waals surface area contributed by atoms with Crippen LogP contribution in [-0.4, -0.2) is 42.8 Å². The minimum Gasteiger partial charge on any atom is -0.492 e. The maximum absolute atomic E-state index is 12.5. The Bertz CT molecular complexity index is 572. The number of carbonyl (C=O) groups is 2. The van der Waals surface area contributed by atoms with Gasteiger partial charge < -0.3 is 15.0 Å². The molecule has 0 spiro atoms. The highest BCUT2D eigenvalue weighted by molar-refractivity contribution is 5.99. The van der Waals surface area contributed by atoms with Crippen molar-refractivity contribution in [3.63, 3.8) is 0 Å². The van der Waals surface area contributed by atoms with Gasteiger partial charge in [-0.15, -0.1) is 0 Å². The van der Waals surface area contributed by atoms with Crippen molar-refractivity contribution in [2.24, 2.45) is 0 Å². The summed E-state index contributed by atoms with van der Waals surface area (Å²) in [5.41, 5.74) is 0.430. The van der Waals surface area contributed by atoms with E-state index in [2.05, 4.69) is 5.32 Å². The molecule has 126 valence electrons. The van der Waals surface area contributed by atoms with Crippen LogP contribution in [-0.2, 0) is 4.79 Å². The normalized spacial score (nSPS) is 14.7. The summed E-state index contributed by atoms with van der Waals surface area (Å²) in [5.74, 6) is -1.33. The van der Waals surface area contributed by atoms with E-state index in [1.807, 2.05) is 0 Å². The van der Waals surface area contributed by atoms with E-state index >= 15 is 0 Å². The quantitative estimate of drug-likeness (QED) is 0.905. The number of nitrogens with zero attached hydrogens (tertiary/aromatic N) is 1. The summed E-state index contributed by atoms with van der Waals surface area (Å²) in [6.45, 7) is 3.43. The fraction of sp³-hybridized carbons (Fsp3) is 0.500. The lowest BCUT2D eigenvalue weighted by Gasteiger charge is -2.27. The SMILES string of the molecule is CCOc1ccc(C(=O)N2CCCCC2)cc1NC(=O)C(F)F. The van der Waals surface area contributed by atoms with Crippen LogP contribution in [0.15, 0.2) is 18.2 Å². The van der Waals surface area contributed by atoms with Crippen molar-refractivity contribution >= 4 is 17.5 Å². The third-order valence-electron chi connectivity index (χ3n) is 3.63. The Kier molecular flexibility index (Phi) is 5.90. The molecule has 0 aromatic heterocycles. The highest BCUT2D eigenvalue weighted by atomic mass is 19.3. The highest BCUT2D eigenvalue weighted by Crippen LogP contribution is 2.27. The molecule has 1 heterocycles. The Labute approximate surface area is 133 Å². The molecular weight excluding hydrogens is 306 g/mol. The second-order valence-corrected chi connectivity index (χ2v) is 5.29. The van der Waals surface area contributed by atoms with Crippen molar-refractivity contribution in [3.8, 4) is 5.75 Å². The van der Waals surface area contributed by atoms with Crippen LogP contribution >= 0.6 is 0 Å². The third-order valence-corrected chi connectivity index (χ3v) is 3.63. The van der Waals surface area contributed by atoms with Gasteiger partial charge >= 0.3 is 6.43 Å². The highest BCUT2D eigenvalue weighted by Gasteiger charge is 2.21. The van der Waals surface area contributed by atoms with Crippen molar-refractivity contribution in [1.82, 2.24) is 4.90 Å². The number of likely N-dealkylation sites (tertiary alicyclic amines) is 1. The van der Waals surface area contributed by atoms with E-state index in [1.54, 1.807) is 17.9 Å². The van der Waals surface area contributed by atoms with Gasteiger partial charge in [0.25, 0.3) is 11.8 Å². The molecule has 7 heteroatoms. The van der Waals surface area contributed by atoms with E-state index in [4.69, 9.17) is 4.74 Å². The molecule has 1 aliphatic rings. The molecule has 1 aromatic rings. The number of amides is 2. The molecule has 1 aromatic carbocycles. The van der Waals surface area contributed by atoms with Gasteiger partial charge in [-0.2, -0.15) is 8.78 Å². The molecule has 1 aliphatic heterocycles. The van der Waals surface area contributed by atoms with Crippen molar-refractivity contribution in [2.45, 2.75) is 32.6 Å². The molecule has 0 aliphatic carbocycles. The van der Waals surface area contributed by atoms with Gasteiger partial charge in [0.2, 0.25) is 0 Å². The number of carbonyl (C=O) groups excluding carboxylic acids is 2. The summed E-state index contributed by atoms with van der Waals surface area (Å²) in [6.07, 6.45) is -0.121. The van der Waals surface area contributed by atoms with Gasteiger partial charge in [-0.05, 0) is 44.4 Å². The second kappa shape index (κ2) is 7.89. The van der Waals surface area contributed by atoms with Crippen molar-refractivity contribution < 1.29 is 23.1 Å². The van der Waals surface area contributed by atoms with Crippen LogP contribution < -0.4 is 10.1 Å². The van der Waals surface area contributed by atoms with E-state index < -0.39 is 12.3 Å². The molecule has 0 bridgehead atoms. The first kappa shape index (κ1) is 17.2. The third kappa shape index (κ3) is 4.40. The zero-order valence-corrected chi connectivity index (χ0v) is 13.0. The van der Waals surface area contributed by atoms with Crippen LogP contribution in [0, 0.1) is 0 Å². The minimum atomic E-state index is -3.13. The second-order valence-electron chi connectivity index (χ2n) is 5.29. The van der Waals surface area contributed by atoms with Gasteiger partial charge in [0, 0.05) is 18.7 Å². The number of piperidine rings is 1. The first-order valence-electron chi connectivity index (χ1n) is 7.68.